The molecule has 0 saturated heterocycles. The lowest BCUT2D eigenvalue weighted by Gasteiger charge is -1.95. The second-order valence-corrected chi connectivity index (χ2v) is 3.53. The van der Waals surface area contributed by atoms with Gasteiger partial charge in [-0.2, -0.15) is 0 Å². The maximum Gasteiger partial charge on any atom is 0.0273 e. The van der Waals surface area contributed by atoms with Gasteiger partial charge >= 0.3 is 0 Å². The number of aryl methyl sites for hydroxylation is 1. The van der Waals surface area contributed by atoms with Gasteiger partial charge < -0.3 is 0 Å². The van der Waals surface area contributed by atoms with Crippen molar-refractivity contribution >= 4 is 12.2 Å². The Kier molecular flexibility index (Phi) is 2.93. The third-order valence-corrected chi connectivity index (χ3v) is 2.22. The van der Waals surface area contributed by atoms with Gasteiger partial charge in [0, 0.05) is 12.4 Å². The molecule has 0 aliphatic rings. The van der Waals surface area contributed by atoms with Gasteiger partial charge in [0.2, 0.25) is 0 Å². The zero-order valence-corrected chi connectivity index (χ0v) is 8.72. The minimum Gasteiger partial charge on any atom is -0.265 e. The van der Waals surface area contributed by atoms with Gasteiger partial charge in [-0.3, -0.25) is 4.98 Å². The van der Waals surface area contributed by atoms with E-state index in [1.165, 1.54) is 16.7 Å². The molecule has 0 bridgehead atoms. The quantitative estimate of drug-likeness (QED) is 0.714. The van der Waals surface area contributed by atoms with Crippen molar-refractivity contribution in [2.45, 2.75) is 6.92 Å². The predicted molar refractivity (Wildman–Crippen MR) is 64.3 cm³/mol. The number of hydrogen-bond donors (Lipinski definition) is 0. The van der Waals surface area contributed by atoms with E-state index >= 15 is 0 Å². The highest BCUT2D eigenvalue weighted by atomic mass is 14.6. The Morgan fingerprint density at radius 2 is 1.67 bits per heavy atom. The van der Waals surface area contributed by atoms with Crippen LogP contribution in [0.15, 0.2) is 48.8 Å². The minimum absolute atomic E-state index is 1.17. The topological polar surface area (TPSA) is 12.9 Å². The highest BCUT2D eigenvalue weighted by Crippen LogP contribution is 2.08. The molecule has 0 radical (unpaired) electrons. The lowest BCUT2D eigenvalue weighted by atomic mass is 10.1. The molecule has 1 heteroatoms. The summed E-state index contributed by atoms with van der Waals surface area (Å²) >= 11 is 0. The molecule has 0 amide bonds. The van der Waals surface area contributed by atoms with Gasteiger partial charge in [0.1, 0.15) is 0 Å². The molecule has 1 heterocycles. The third kappa shape index (κ3) is 2.78. The van der Waals surface area contributed by atoms with Crippen molar-refractivity contribution < 1.29 is 0 Å². The smallest absolute Gasteiger partial charge is 0.0273 e. The second-order valence-electron chi connectivity index (χ2n) is 3.53. The fraction of sp³-hybridized carbons (Fsp3) is 0.0714. The van der Waals surface area contributed by atoms with Crippen LogP contribution >= 0.6 is 0 Å². The molecule has 0 unspecified atom stereocenters. The summed E-state index contributed by atoms with van der Waals surface area (Å²) in [6.45, 7) is 2.10. The largest absolute Gasteiger partial charge is 0.265 e. The van der Waals surface area contributed by atoms with E-state index in [0.717, 1.165) is 0 Å². The van der Waals surface area contributed by atoms with Gasteiger partial charge in [-0.25, -0.2) is 0 Å². The van der Waals surface area contributed by atoms with E-state index in [2.05, 4.69) is 48.3 Å². The summed E-state index contributed by atoms with van der Waals surface area (Å²) in [7, 11) is 0. The van der Waals surface area contributed by atoms with Gasteiger partial charge in [0.15, 0.2) is 0 Å². The molecule has 2 rings (SSSR count). The van der Waals surface area contributed by atoms with E-state index in [0.29, 0.717) is 0 Å². The SMILES string of the molecule is Cc1cccc(/C=C/c2ccncc2)c1. The van der Waals surface area contributed by atoms with Crippen LogP contribution in [-0.4, -0.2) is 4.98 Å². The summed E-state index contributed by atoms with van der Waals surface area (Å²) < 4.78 is 0. The summed E-state index contributed by atoms with van der Waals surface area (Å²) in [6, 6.07) is 12.4. The molecule has 2 aromatic rings. The molecule has 0 N–H and O–H groups in total. The predicted octanol–water partition coefficient (Wildman–Crippen LogP) is 3.56. The molecule has 1 aromatic heterocycles. The summed E-state index contributed by atoms with van der Waals surface area (Å²) in [5, 5.41) is 0. The average molecular weight is 195 g/mol. The molecule has 0 spiro atoms. The molecule has 0 fully saturated rings. The molecule has 0 aliphatic heterocycles. The van der Waals surface area contributed by atoms with E-state index in [-0.39, 0.29) is 0 Å². The number of aromatic nitrogens is 1. The van der Waals surface area contributed by atoms with Crippen molar-refractivity contribution in [1.29, 1.82) is 0 Å². The zero-order valence-electron chi connectivity index (χ0n) is 8.72. The summed E-state index contributed by atoms with van der Waals surface area (Å²) in [5.41, 5.74) is 3.69. The number of hydrogen-bond acceptors (Lipinski definition) is 1. The first-order valence-electron chi connectivity index (χ1n) is 4.99. The second kappa shape index (κ2) is 4.56. The van der Waals surface area contributed by atoms with E-state index in [9.17, 15) is 0 Å². The van der Waals surface area contributed by atoms with Crippen molar-refractivity contribution in [3.05, 3.63) is 65.5 Å². The number of nitrogens with zero attached hydrogens (tertiary/aromatic N) is 1. The molecular weight excluding hydrogens is 182 g/mol. The zero-order chi connectivity index (χ0) is 10.5. The van der Waals surface area contributed by atoms with Crippen LogP contribution in [0.3, 0.4) is 0 Å². The lowest BCUT2D eigenvalue weighted by Crippen LogP contribution is -1.75. The number of rotatable bonds is 2. The van der Waals surface area contributed by atoms with Crippen LogP contribution in [0.5, 0.6) is 0 Å². The van der Waals surface area contributed by atoms with E-state index in [4.69, 9.17) is 0 Å². The standard InChI is InChI=1S/C14H13N/c1-12-3-2-4-14(11-12)6-5-13-7-9-15-10-8-13/h2-11H,1H3/b6-5+. The van der Waals surface area contributed by atoms with Crippen molar-refractivity contribution in [3.8, 4) is 0 Å². The number of pyridine rings is 1. The monoisotopic (exact) mass is 195 g/mol. The van der Waals surface area contributed by atoms with Gasteiger partial charge in [-0.1, -0.05) is 42.0 Å². The fourth-order valence-corrected chi connectivity index (χ4v) is 1.44. The van der Waals surface area contributed by atoms with Crippen LogP contribution in [0.25, 0.3) is 12.2 Å². The van der Waals surface area contributed by atoms with Crippen LogP contribution < -0.4 is 0 Å². The molecule has 0 atom stereocenters. The van der Waals surface area contributed by atoms with Crippen molar-refractivity contribution in [2.75, 3.05) is 0 Å². The Morgan fingerprint density at radius 1 is 0.933 bits per heavy atom. The van der Waals surface area contributed by atoms with E-state index in [1.54, 1.807) is 12.4 Å². The Morgan fingerprint density at radius 3 is 2.40 bits per heavy atom. The third-order valence-electron chi connectivity index (χ3n) is 2.22. The Hall–Kier alpha value is -1.89. The highest BCUT2D eigenvalue weighted by Gasteiger charge is 1.88. The maximum atomic E-state index is 3.98. The molecule has 1 nitrogen and oxygen atoms in total. The van der Waals surface area contributed by atoms with E-state index < -0.39 is 0 Å². The van der Waals surface area contributed by atoms with Crippen molar-refractivity contribution in [3.63, 3.8) is 0 Å². The molecular formula is C14H13N. The van der Waals surface area contributed by atoms with E-state index in [1.807, 2.05) is 12.1 Å². The van der Waals surface area contributed by atoms with Crippen LogP contribution in [0.4, 0.5) is 0 Å². The summed E-state index contributed by atoms with van der Waals surface area (Å²) in [6.07, 6.45) is 7.81. The molecule has 74 valence electrons. The van der Waals surface area contributed by atoms with Crippen LogP contribution in [-0.2, 0) is 0 Å². The Labute approximate surface area is 90.1 Å². The fourth-order valence-electron chi connectivity index (χ4n) is 1.44. The highest BCUT2D eigenvalue weighted by molar-refractivity contribution is 5.69. The Balaban J connectivity index is 2.19. The van der Waals surface area contributed by atoms with Gasteiger partial charge in [-0.15, -0.1) is 0 Å². The lowest BCUT2D eigenvalue weighted by molar-refractivity contribution is 1.32. The van der Waals surface area contributed by atoms with Crippen LogP contribution in [0.2, 0.25) is 0 Å². The maximum absolute atomic E-state index is 3.98. The molecule has 0 aliphatic carbocycles. The van der Waals surface area contributed by atoms with Crippen molar-refractivity contribution in [2.24, 2.45) is 0 Å². The van der Waals surface area contributed by atoms with Crippen LogP contribution in [0.1, 0.15) is 16.7 Å². The molecule has 1 aromatic carbocycles. The average Bonchev–Trinajstić information content (AvgIpc) is 2.28. The normalized spacial score (nSPS) is 10.7. The van der Waals surface area contributed by atoms with Gasteiger partial charge in [-0.05, 0) is 30.2 Å². The molecule has 0 saturated carbocycles. The van der Waals surface area contributed by atoms with Gasteiger partial charge in [0.25, 0.3) is 0 Å². The minimum atomic E-state index is 1.17. The van der Waals surface area contributed by atoms with Crippen molar-refractivity contribution in [1.82, 2.24) is 4.98 Å². The number of benzene rings is 1. The first-order valence-corrected chi connectivity index (χ1v) is 4.99. The van der Waals surface area contributed by atoms with Crippen LogP contribution in [0, 0.1) is 6.92 Å². The summed E-state index contributed by atoms with van der Waals surface area (Å²) in [4.78, 5) is 3.98. The summed E-state index contributed by atoms with van der Waals surface area (Å²) in [5.74, 6) is 0. The molecule has 15 heavy (non-hydrogen) atoms. The first-order chi connectivity index (χ1) is 7.34. The van der Waals surface area contributed by atoms with Gasteiger partial charge in [0.05, 0.1) is 0 Å². The Bertz CT molecular complexity index is 458. The first kappa shape index (κ1) is 9.66.